The molecular weight excluding hydrogens is 400 g/mol. The van der Waals surface area contributed by atoms with Crippen LogP contribution in [0.4, 0.5) is 5.69 Å². The number of carbonyl (C=O) groups is 1. The van der Waals surface area contributed by atoms with Crippen molar-refractivity contribution in [1.29, 1.82) is 0 Å². The van der Waals surface area contributed by atoms with Crippen molar-refractivity contribution in [3.63, 3.8) is 0 Å². The molecule has 0 bridgehead atoms. The Balaban J connectivity index is 1.87. The quantitative estimate of drug-likeness (QED) is 0.173. The first-order valence-electron chi connectivity index (χ1n) is 9.45. The fourth-order valence-electron chi connectivity index (χ4n) is 3.74. The number of para-hydroxylation sites is 1. The Labute approximate surface area is 177 Å². The van der Waals surface area contributed by atoms with Crippen molar-refractivity contribution in [2.24, 2.45) is 0 Å². The summed E-state index contributed by atoms with van der Waals surface area (Å²) in [6.07, 6.45) is 0. The number of ether oxygens (including phenoxy) is 1. The monoisotopic (exact) mass is 420 g/mol. The summed E-state index contributed by atoms with van der Waals surface area (Å²) in [6.45, 7) is 5.35. The predicted octanol–water partition coefficient (Wildman–Crippen LogP) is 5.94. The Morgan fingerprint density at radius 2 is 1.90 bits per heavy atom. The van der Waals surface area contributed by atoms with E-state index in [1.165, 1.54) is 13.0 Å². The molecule has 7 heteroatoms. The maximum absolute atomic E-state index is 11.6. The van der Waals surface area contributed by atoms with Crippen molar-refractivity contribution < 1.29 is 14.5 Å². The van der Waals surface area contributed by atoms with Gasteiger partial charge in [0.25, 0.3) is 5.69 Å². The summed E-state index contributed by atoms with van der Waals surface area (Å²) in [7, 11) is 0. The highest BCUT2D eigenvalue weighted by Gasteiger charge is 2.19. The number of fused-ring (bicyclic) bond motifs is 3. The van der Waals surface area contributed by atoms with Gasteiger partial charge in [-0.2, -0.15) is 0 Å². The molecule has 0 radical (unpaired) electrons. The standard InChI is InChI=1S/C23H20N2O4S/c1-14-11-21(29-16(3)26)15(2)23-22(14)19-9-4-5-10-20(19)24(23)30-13-17-7-6-8-18(12-17)25(27)28/h4-12H,13H2,1-3H3. The van der Waals surface area contributed by atoms with E-state index < -0.39 is 0 Å². The van der Waals surface area contributed by atoms with Crippen LogP contribution in [-0.2, 0) is 10.5 Å². The number of carbonyl (C=O) groups excluding carboxylic acids is 1. The molecule has 0 aliphatic rings. The van der Waals surface area contributed by atoms with Gasteiger partial charge in [-0.3, -0.25) is 18.9 Å². The van der Waals surface area contributed by atoms with E-state index in [1.807, 2.05) is 38.1 Å². The Kier molecular flexibility index (Phi) is 5.22. The maximum Gasteiger partial charge on any atom is 0.308 e. The molecule has 0 aliphatic carbocycles. The van der Waals surface area contributed by atoms with Crippen molar-refractivity contribution >= 4 is 45.4 Å². The number of hydrogen-bond donors (Lipinski definition) is 0. The van der Waals surface area contributed by atoms with Crippen molar-refractivity contribution in [3.05, 3.63) is 81.4 Å². The Morgan fingerprint density at radius 3 is 2.63 bits per heavy atom. The number of aromatic nitrogens is 1. The number of non-ortho nitro benzene ring substituents is 1. The lowest BCUT2D eigenvalue weighted by molar-refractivity contribution is -0.384. The van der Waals surface area contributed by atoms with Crippen LogP contribution in [0.5, 0.6) is 5.75 Å². The van der Waals surface area contributed by atoms with Crippen molar-refractivity contribution in [2.75, 3.05) is 0 Å². The maximum atomic E-state index is 11.6. The van der Waals surface area contributed by atoms with Gasteiger partial charge in [-0.15, -0.1) is 0 Å². The number of benzene rings is 3. The molecule has 3 aromatic carbocycles. The predicted molar refractivity (Wildman–Crippen MR) is 120 cm³/mol. The minimum atomic E-state index is -0.381. The van der Waals surface area contributed by atoms with Crippen molar-refractivity contribution in [3.8, 4) is 5.75 Å². The van der Waals surface area contributed by atoms with E-state index in [-0.39, 0.29) is 16.6 Å². The van der Waals surface area contributed by atoms with Crippen LogP contribution in [0, 0.1) is 24.0 Å². The van der Waals surface area contributed by atoms with Crippen LogP contribution in [0.1, 0.15) is 23.6 Å². The zero-order valence-corrected chi connectivity index (χ0v) is 17.7. The summed E-state index contributed by atoms with van der Waals surface area (Å²) < 4.78 is 7.59. The average molecular weight is 420 g/mol. The van der Waals surface area contributed by atoms with Crippen molar-refractivity contribution in [2.45, 2.75) is 26.5 Å². The number of nitro benzene ring substituents is 1. The zero-order valence-electron chi connectivity index (χ0n) is 16.8. The van der Waals surface area contributed by atoms with Gasteiger partial charge in [0, 0.05) is 41.1 Å². The first-order chi connectivity index (χ1) is 14.4. The largest absolute Gasteiger partial charge is 0.426 e. The SMILES string of the molecule is CC(=O)Oc1cc(C)c2c3ccccc3n(SCc3cccc([N+](=O)[O-])c3)c2c1C. The van der Waals surface area contributed by atoms with Gasteiger partial charge in [-0.1, -0.05) is 30.3 Å². The van der Waals surface area contributed by atoms with Crippen LogP contribution < -0.4 is 4.74 Å². The van der Waals surface area contributed by atoms with Crippen LogP contribution in [0.2, 0.25) is 0 Å². The number of rotatable bonds is 5. The number of aryl methyl sites for hydroxylation is 2. The summed E-state index contributed by atoms with van der Waals surface area (Å²) in [4.78, 5) is 22.3. The molecule has 0 fully saturated rings. The molecule has 0 saturated carbocycles. The van der Waals surface area contributed by atoms with Gasteiger partial charge in [-0.05, 0) is 49.1 Å². The van der Waals surface area contributed by atoms with Gasteiger partial charge >= 0.3 is 5.97 Å². The molecule has 0 spiro atoms. The van der Waals surface area contributed by atoms with Gasteiger partial charge in [-0.25, -0.2) is 0 Å². The second-order valence-electron chi connectivity index (χ2n) is 7.15. The van der Waals surface area contributed by atoms with Crippen LogP contribution >= 0.6 is 11.9 Å². The second kappa shape index (κ2) is 7.84. The van der Waals surface area contributed by atoms with E-state index in [2.05, 4.69) is 16.1 Å². The summed E-state index contributed by atoms with van der Waals surface area (Å²) in [5, 5.41) is 13.3. The normalized spacial score (nSPS) is 11.2. The molecule has 0 amide bonds. The minimum absolute atomic E-state index is 0.0829. The van der Waals surface area contributed by atoms with E-state index in [1.54, 1.807) is 24.1 Å². The van der Waals surface area contributed by atoms with Crippen LogP contribution in [0.25, 0.3) is 21.8 Å². The fraction of sp³-hybridized carbons (Fsp3) is 0.174. The topological polar surface area (TPSA) is 74.4 Å². The van der Waals surface area contributed by atoms with Gasteiger partial charge in [0.2, 0.25) is 0 Å². The van der Waals surface area contributed by atoms with E-state index in [9.17, 15) is 14.9 Å². The first kappa shape index (κ1) is 20.0. The second-order valence-corrected chi connectivity index (χ2v) is 8.06. The highest BCUT2D eigenvalue weighted by molar-refractivity contribution is 7.97. The van der Waals surface area contributed by atoms with E-state index in [4.69, 9.17) is 4.74 Å². The van der Waals surface area contributed by atoms with E-state index in [0.29, 0.717) is 11.5 Å². The lowest BCUT2D eigenvalue weighted by atomic mass is 10.0. The molecule has 1 aromatic heterocycles. The highest BCUT2D eigenvalue weighted by atomic mass is 32.2. The minimum Gasteiger partial charge on any atom is -0.426 e. The fourth-order valence-corrected chi connectivity index (χ4v) is 4.85. The van der Waals surface area contributed by atoms with Gasteiger partial charge in [0.05, 0.1) is 16.0 Å². The van der Waals surface area contributed by atoms with Crippen molar-refractivity contribution in [1.82, 2.24) is 3.97 Å². The highest BCUT2D eigenvalue weighted by Crippen LogP contribution is 2.40. The molecule has 0 unspecified atom stereocenters. The summed E-state index contributed by atoms with van der Waals surface area (Å²) in [5.41, 5.74) is 4.90. The molecule has 4 rings (SSSR count). The van der Waals surface area contributed by atoms with E-state index in [0.717, 1.165) is 38.5 Å². The zero-order chi connectivity index (χ0) is 21.4. The third kappa shape index (κ3) is 3.52. The lowest BCUT2D eigenvalue weighted by Crippen LogP contribution is -2.04. The van der Waals surface area contributed by atoms with Gasteiger partial charge in [0.15, 0.2) is 0 Å². The number of nitrogens with zero attached hydrogens (tertiary/aromatic N) is 2. The summed E-state index contributed by atoms with van der Waals surface area (Å²) in [5.74, 6) is 0.752. The third-order valence-electron chi connectivity index (χ3n) is 5.03. The molecule has 30 heavy (non-hydrogen) atoms. The molecule has 0 aliphatic heterocycles. The smallest absolute Gasteiger partial charge is 0.308 e. The first-order valence-corrected chi connectivity index (χ1v) is 10.4. The molecular formula is C23H20N2O4S. The third-order valence-corrected chi connectivity index (χ3v) is 6.13. The summed E-state index contributed by atoms with van der Waals surface area (Å²) in [6, 6.07) is 16.7. The molecule has 6 nitrogen and oxygen atoms in total. The Bertz CT molecular complexity index is 1310. The van der Waals surface area contributed by atoms with Crippen LogP contribution in [-0.4, -0.2) is 14.9 Å². The van der Waals surface area contributed by atoms with Gasteiger partial charge < -0.3 is 4.74 Å². The summed E-state index contributed by atoms with van der Waals surface area (Å²) >= 11 is 1.56. The molecule has 4 aromatic rings. The lowest BCUT2D eigenvalue weighted by Gasteiger charge is -2.12. The molecule has 0 atom stereocenters. The Morgan fingerprint density at radius 1 is 1.13 bits per heavy atom. The van der Waals surface area contributed by atoms with Crippen LogP contribution in [0.3, 0.4) is 0 Å². The molecule has 152 valence electrons. The molecule has 0 saturated heterocycles. The van der Waals surface area contributed by atoms with Gasteiger partial charge in [0.1, 0.15) is 5.75 Å². The molecule has 1 heterocycles. The number of hydrogen-bond acceptors (Lipinski definition) is 5. The number of nitro groups is 1. The molecule has 0 N–H and O–H groups in total. The average Bonchev–Trinajstić information content (AvgIpc) is 3.05. The van der Waals surface area contributed by atoms with E-state index >= 15 is 0 Å². The van der Waals surface area contributed by atoms with Crippen LogP contribution in [0.15, 0.2) is 54.6 Å². The Hall–Kier alpha value is -3.32. The number of esters is 1.